The van der Waals surface area contributed by atoms with Crippen molar-refractivity contribution in [2.75, 3.05) is 21.3 Å². The second-order valence-electron chi connectivity index (χ2n) is 8.14. The number of carbonyl (C=O) groups excluding carboxylic acids is 3. The van der Waals surface area contributed by atoms with Crippen molar-refractivity contribution in [3.63, 3.8) is 0 Å². The zero-order valence-corrected chi connectivity index (χ0v) is 21.5. The van der Waals surface area contributed by atoms with Gasteiger partial charge >= 0.3 is 17.9 Å². The number of aryl methyl sites for hydroxylation is 1. The molecule has 0 radical (unpaired) electrons. The maximum atomic E-state index is 13.8. The summed E-state index contributed by atoms with van der Waals surface area (Å²) >= 11 is 0. The average molecular weight is 529 g/mol. The predicted octanol–water partition coefficient (Wildman–Crippen LogP) is 3.37. The van der Waals surface area contributed by atoms with Gasteiger partial charge in [-0.3, -0.25) is 9.36 Å². The SMILES string of the molecule is COCn1c(OC(C)=O)c(C(=O)OC)c2c3c(C(=O)OC)c[nH]c3c(S(=O)(=O)c3ccc(C)cc3)cc21. The smallest absolute Gasteiger partial charge is 0.344 e. The number of benzene rings is 2. The highest BCUT2D eigenvalue weighted by Gasteiger charge is 2.33. The van der Waals surface area contributed by atoms with Crippen LogP contribution in [-0.4, -0.2) is 57.2 Å². The molecule has 0 saturated carbocycles. The van der Waals surface area contributed by atoms with Gasteiger partial charge in [0.1, 0.15) is 12.3 Å². The molecule has 0 fully saturated rings. The van der Waals surface area contributed by atoms with Crippen LogP contribution in [0.2, 0.25) is 0 Å². The fourth-order valence-corrected chi connectivity index (χ4v) is 5.65. The lowest BCUT2D eigenvalue weighted by Crippen LogP contribution is -2.12. The van der Waals surface area contributed by atoms with Gasteiger partial charge in [0.05, 0.1) is 40.6 Å². The zero-order chi connectivity index (χ0) is 27.1. The van der Waals surface area contributed by atoms with Crippen molar-refractivity contribution in [3.05, 3.63) is 53.2 Å². The van der Waals surface area contributed by atoms with Gasteiger partial charge in [-0.1, -0.05) is 17.7 Å². The highest BCUT2D eigenvalue weighted by atomic mass is 32.2. The number of carbonyl (C=O) groups is 3. The van der Waals surface area contributed by atoms with Crippen LogP contribution >= 0.6 is 0 Å². The lowest BCUT2D eigenvalue weighted by atomic mass is 10.0. The van der Waals surface area contributed by atoms with Gasteiger partial charge in [-0.2, -0.15) is 0 Å². The molecule has 0 atom stereocenters. The minimum absolute atomic E-state index is 0.0196. The lowest BCUT2D eigenvalue weighted by Gasteiger charge is -2.11. The zero-order valence-electron chi connectivity index (χ0n) is 20.7. The van der Waals surface area contributed by atoms with Crippen LogP contribution in [0.15, 0.2) is 46.3 Å². The Balaban J connectivity index is 2.26. The molecule has 0 spiro atoms. The number of hydrogen-bond acceptors (Lipinski definition) is 9. The number of sulfone groups is 1. The van der Waals surface area contributed by atoms with Gasteiger partial charge in [0.25, 0.3) is 0 Å². The Hall–Kier alpha value is -4.16. The number of H-pyrrole nitrogens is 1. The summed E-state index contributed by atoms with van der Waals surface area (Å²) in [6.07, 6.45) is 1.30. The number of rotatable bonds is 7. The first-order valence-electron chi connectivity index (χ1n) is 10.9. The summed E-state index contributed by atoms with van der Waals surface area (Å²) in [5.74, 6) is -2.61. The Morgan fingerprint density at radius 1 is 0.973 bits per heavy atom. The van der Waals surface area contributed by atoms with Crippen LogP contribution in [0.1, 0.15) is 33.2 Å². The van der Waals surface area contributed by atoms with Gasteiger partial charge < -0.3 is 23.9 Å². The van der Waals surface area contributed by atoms with Gasteiger partial charge in [-0.15, -0.1) is 0 Å². The molecule has 12 heteroatoms. The number of methoxy groups -OCH3 is 3. The van der Waals surface area contributed by atoms with Gasteiger partial charge in [0, 0.05) is 31.0 Å². The van der Waals surface area contributed by atoms with Crippen LogP contribution in [0.25, 0.3) is 21.8 Å². The van der Waals surface area contributed by atoms with E-state index < -0.39 is 27.7 Å². The average Bonchev–Trinajstić information content (AvgIpc) is 3.42. The van der Waals surface area contributed by atoms with E-state index in [0.29, 0.717) is 0 Å². The molecular weight excluding hydrogens is 504 g/mol. The minimum Gasteiger partial charge on any atom is -0.465 e. The van der Waals surface area contributed by atoms with Crippen LogP contribution in [-0.2, 0) is 35.6 Å². The molecule has 4 rings (SSSR count). The van der Waals surface area contributed by atoms with E-state index >= 15 is 0 Å². The first-order chi connectivity index (χ1) is 17.6. The van der Waals surface area contributed by atoms with E-state index in [-0.39, 0.29) is 55.3 Å². The molecule has 2 heterocycles. The maximum Gasteiger partial charge on any atom is 0.344 e. The highest BCUT2D eigenvalue weighted by Crippen LogP contribution is 2.42. The molecule has 2 aromatic heterocycles. The topological polar surface area (TPSA) is 143 Å². The van der Waals surface area contributed by atoms with Crippen molar-refractivity contribution >= 4 is 49.6 Å². The van der Waals surface area contributed by atoms with E-state index in [1.165, 1.54) is 43.2 Å². The number of hydrogen-bond donors (Lipinski definition) is 1. The van der Waals surface area contributed by atoms with Crippen LogP contribution in [0, 0.1) is 6.92 Å². The first kappa shape index (κ1) is 25.9. The maximum absolute atomic E-state index is 13.8. The van der Waals surface area contributed by atoms with E-state index in [9.17, 15) is 22.8 Å². The van der Waals surface area contributed by atoms with Gasteiger partial charge in [0.2, 0.25) is 15.7 Å². The third-order valence-corrected chi connectivity index (χ3v) is 7.61. The molecule has 0 amide bonds. The van der Waals surface area contributed by atoms with Crippen molar-refractivity contribution in [2.24, 2.45) is 0 Å². The van der Waals surface area contributed by atoms with E-state index in [1.807, 2.05) is 6.92 Å². The quantitative estimate of drug-likeness (QED) is 0.357. The van der Waals surface area contributed by atoms with Crippen LogP contribution in [0.3, 0.4) is 0 Å². The second-order valence-corrected chi connectivity index (χ2v) is 10.1. The normalized spacial score (nSPS) is 11.6. The molecule has 4 aromatic rings. The highest BCUT2D eigenvalue weighted by molar-refractivity contribution is 7.91. The summed E-state index contributed by atoms with van der Waals surface area (Å²) in [6, 6.07) is 7.62. The molecule has 0 unspecified atom stereocenters. The van der Waals surface area contributed by atoms with Crippen molar-refractivity contribution in [2.45, 2.75) is 30.4 Å². The fraction of sp³-hybridized carbons (Fsp3) is 0.240. The largest absolute Gasteiger partial charge is 0.465 e. The van der Waals surface area contributed by atoms with E-state index in [0.717, 1.165) is 19.6 Å². The van der Waals surface area contributed by atoms with Crippen LogP contribution in [0.4, 0.5) is 0 Å². The monoisotopic (exact) mass is 528 g/mol. The van der Waals surface area contributed by atoms with Crippen molar-refractivity contribution < 1.29 is 41.7 Å². The van der Waals surface area contributed by atoms with Crippen molar-refractivity contribution in [1.82, 2.24) is 9.55 Å². The summed E-state index contributed by atoms with van der Waals surface area (Å²) in [7, 11) is -0.446. The lowest BCUT2D eigenvalue weighted by molar-refractivity contribution is -0.132. The summed E-state index contributed by atoms with van der Waals surface area (Å²) < 4.78 is 49.5. The summed E-state index contributed by atoms with van der Waals surface area (Å²) in [4.78, 5) is 40.4. The standard InChI is InChI=1S/C25H24N2O9S/c1-13-6-8-15(9-7-13)37(31,32)18-10-17-20(19-16(24(29)34-4)11-26-22(18)19)21(25(30)35-5)23(36-14(2)28)27(17)12-33-3/h6-11,26H,12H2,1-5H3. The minimum atomic E-state index is -4.14. The molecule has 0 aliphatic carbocycles. The summed E-state index contributed by atoms with van der Waals surface area (Å²) in [6.45, 7) is 2.76. The number of aromatic nitrogens is 2. The number of nitrogens with one attached hydrogen (secondary N) is 1. The third kappa shape index (κ3) is 4.23. The van der Waals surface area contributed by atoms with Crippen molar-refractivity contribution in [3.8, 4) is 5.88 Å². The van der Waals surface area contributed by atoms with Gasteiger partial charge in [-0.05, 0) is 25.1 Å². The van der Waals surface area contributed by atoms with Crippen LogP contribution in [0.5, 0.6) is 5.88 Å². The number of esters is 3. The van der Waals surface area contributed by atoms with Gasteiger partial charge in [-0.25, -0.2) is 18.0 Å². The first-order valence-corrected chi connectivity index (χ1v) is 12.4. The molecule has 37 heavy (non-hydrogen) atoms. The number of fused-ring (bicyclic) bond motifs is 3. The molecule has 2 aromatic carbocycles. The molecule has 11 nitrogen and oxygen atoms in total. The van der Waals surface area contributed by atoms with E-state index in [1.54, 1.807) is 12.1 Å². The predicted molar refractivity (Wildman–Crippen MR) is 131 cm³/mol. The molecule has 0 aliphatic rings. The molecule has 0 aliphatic heterocycles. The summed E-state index contributed by atoms with van der Waals surface area (Å²) in [5.41, 5.74) is 0.871. The molecule has 0 saturated heterocycles. The fourth-order valence-electron chi connectivity index (χ4n) is 4.21. The molecule has 1 N–H and O–H groups in total. The van der Waals surface area contributed by atoms with Crippen molar-refractivity contribution in [1.29, 1.82) is 0 Å². The molecule has 194 valence electrons. The Bertz CT molecular complexity index is 1660. The van der Waals surface area contributed by atoms with E-state index in [4.69, 9.17) is 18.9 Å². The Morgan fingerprint density at radius 3 is 2.19 bits per heavy atom. The Kier molecular flexibility index (Phi) is 6.80. The Morgan fingerprint density at radius 2 is 1.62 bits per heavy atom. The van der Waals surface area contributed by atoms with Crippen LogP contribution < -0.4 is 4.74 Å². The third-order valence-electron chi connectivity index (χ3n) is 5.81. The molecule has 0 bridgehead atoms. The van der Waals surface area contributed by atoms with E-state index in [2.05, 4.69) is 4.98 Å². The molecular formula is C25H24N2O9S. The number of aromatic amines is 1. The number of ether oxygens (including phenoxy) is 4. The number of nitrogens with zero attached hydrogens (tertiary/aromatic N) is 1. The van der Waals surface area contributed by atoms with Gasteiger partial charge in [0.15, 0.2) is 0 Å². The summed E-state index contributed by atoms with van der Waals surface area (Å²) in [5, 5.41) is 0.207. The second kappa shape index (κ2) is 9.71. The Labute approximate surface area is 211 Å².